The molecule has 96 valence electrons. The predicted molar refractivity (Wildman–Crippen MR) is 74.2 cm³/mol. The van der Waals surface area contributed by atoms with Gasteiger partial charge in [0.1, 0.15) is 6.29 Å². The van der Waals surface area contributed by atoms with Crippen LogP contribution in [0.2, 0.25) is 0 Å². The predicted octanol–water partition coefficient (Wildman–Crippen LogP) is 3.07. The van der Waals surface area contributed by atoms with Crippen LogP contribution in [-0.4, -0.2) is 42.8 Å². The Hall–Kier alpha value is -0.0200. The van der Waals surface area contributed by atoms with Crippen LogP contribution in [0.5, 0.6) is 0 Å². The van der Waals surface area contributed by atoms with Gasteiger partial charge >= 0.3 is 0 Å². The first-order chi connectivity index (χ1) is 7.49. The lowest BCUT2D eigenvalue weighted by molar-refractivity contribution is -0.116. The van der Waals surface area contributed by atoms with Crippen LogP contribution in [0.4, 0.5) is 0 Å². The minimum atomic E-state index is -0.170. The Morgan fingerprint density at radius 2 is 2.12 bits per heavy atom. The third-order valence-corrected chi connectivity index (χ3v) is 3.85. The molecule has 0 saturated heterocycles. The standard InChI is InChI=1S/C13H27NOS/c1-6-8-13(3,11-15)10-14(4)12(2)7-9-16-5/h11-12H,6-10H2,1-5H3. The molecule has 0 aliphatic carbocycles. The zero-order valence-electron chi connectivity index (χ0n) is 11.5. The number of hydrogen-bond acceptors (Lipinski definition) is 3. The number of hydrogen-bond donors (Lipinski definition) is 0. The van der Waals surface area contributed by atoms with E-state index < -0.39 is 0 Å². The molecule has 16 heavy (non-hydrogen) atoms. The molecule has 0 heterocycles. The van der Waals surface area contributed by atoms with Crippen LogP contribution in [0, 0.1) is 5.41 Å². The molecule has 0 saturated carbocycles. The number of carbonyl (C=O) groups is 1. The maximum atomic E-state index is 11.2. The third-order valence-electron chi connectivity index (χ3n) is 3.21. The van der Waals surface area contributed by atoms with Crippen molar-refractivity contribution < 1.29 is 4.79 Å². The van der Waals surface area contributed by atoms with E-state index in [9.17, 15) is 4.79 Å². The molecule has 2 unspecified atom stereocenters. The molecule has 2 atom stereocenters. The van der Waals surface area contributed by atoms with Crippen molar-refractivity contribution in [2.24, 2.45) is 5.41 Å². The molecule has 0 aliphatic heterocycles. The largest absolute Gasteiger partial charge is 0.303 e. The molecular formula is C13H27NOS. The Morgan fingerprint density at radius 1 is 1.50 bits per heavy atom. The summed E-state index contributed by atoms with van der Waals surface area (Å²) in [5.74, 6) is 1.19. The molecule has 0 aliphatic rings. The van der Waals surface area contributed by atoms with Crippen LogP contribution in [0.3, 0.4) is 0 Å². The molecule has 2 nitrogen and oxygen atoms in total. The van der Waals surface area contributed by atoms with E-state index in [1.165, 1.54) is 12.2 Å². The molecule has 0 rings (SSSR count). The lowest BCUT2D eigenvalue weighted by atomic mass is 9.86. The van der Waals surface area contributed by atoms with Gasteiger partial charge in [-0.1, -0.05) is 20.3 Å². The SMILES string of the molecule is CCCC(C)(C=O)CN(C)C(C)CCSC. The second kappa shape index (κ2) is 8.13. The fraction of sp³-hybridized carbons (Fsp3) is 0.923. The average molecular weight is 245 g/mol. The Morgan fingerprint density at radius 3 is 2.56 bits per heavy atom. The van der Waals surface area contributed by atoms with Crippen molar-refractivity contribution in [1.82, 2.24) is 4.90 Å². The van der Waals surface area contributed by atoms with Crippen LogP contribution in [0.25, 0.3) is 0 Å². The van der Waals surface area contributed by atoms with E-state index in [1.54, 1.807) is 0 Å². The molecule has 0 bridgehead atoms. The highest BCUT2D eigenvalue weighted by Gasteiger charge is 2.25. The topological polar surface area (TPSA) is 20.3 Å². The van der Waals surface area contributed by atoms with E-state index in [-0.39, 0.29) is 5.41 Å². The Labute approximate surface area is 105 Å². The van der Waals surface area contributed by atoms with Crippen LogP contribution in [0.1, 0.15) is 40.0 Å². The molecule has 0 spiro atoms. The number of carbonyl (C=O) groups excluding carboxylic acids is 1. The van der Waals surface area contributed by atoms with Crippen molar-refractivity contribution in [2.75, 3.05) is 25.6 Å². The summed E-state index contributed by atoms with van der Waals surface area (Å²) in [6, 6.07) is 0.559. The first kappa shape index (κ1) is 16.0. The molecule has 0 N–H and O–H groups in total. The second-order valence-corrected chi connectivity index (χ2v) is 6.05. The number of nitrogens with zero attached hydrogens (tertiary/aromatic N) is 1. The van der Waals surface area contributed by atoms with Crippen LogP contribution < -0.4 is 0 Å². The molecule has 0 aromatic heterocycles. The zero-order valence-corrected chi connectivity index (χ0v) is 12.3. The molecule has 0 fully saturated rings. The van der Waals surface area contributed by atoms with Gasteiger partial charge in [0.05, 0.1) is 0 Å². The molecule has 0 amide bonds. The number of aldehydes is 1. The minimum Gasteiger partial charge on any atom is -0.303 e. The van der Waals surface area contributed by atoms with Gasteiger partial charge in [-0.3, -0.25) is 0 Å². The van der Waals surface area contributed by atoms with Gasteiger partial charge < -0.3 is 9.69 Å². The van der Waals surface area contributed by atoms with Crippen LogP contribution in [-0.2, 0) is 4.79 Å². The van der Waals surface area contributed by atoms with Crippen LogP contribution >= 0.6 is 11.8 Å². The Bertz CT molecular complexity index is 198. The average Bonchev–Trinajstić information content (AvgIpc) is 2.26. The molecule has 3 heteroatoms. The van der Waals surface area contributed by atoms with E-state index in [2.05, 4.69) is 39.0 Å². The number of thioether (sulfide) groups is 1. The smallest absolute Gasteiger partial charge is 0.127 e. The van der Waals surface area contributed by atoms with Crippen LogP contribution in [0.15, 0.2) is 0 Å². The van der Waals surface area contributed by atoms with Gasteiger partial charge in [0, 0.05) is 18.0 Å². The quantitative estimate of drug-likeness (QED) is 0.582. The van der Waals surface area contributed by atoms with Gasteiger partial charge in [-0.05, 0) is 38.8 Å². The highest BCUT2D eigenvalue weighted by molar-refractivity contribution is 7.98. The fourth-order valence-corrected chi connectivity index (χ4v) is 2.56. The zero-order chi connectivity index (χ0) is 12.6. The summed E-state index contributed by atoms with van der Waals surface area (Å²) in [7, 11) is 2.13. The maximum Gasteiger partial charge on any atom is 0.127 e. The highest BCUT2D eigenvalue weighted by Crippen LogP contribution is 2.22. The molecule has 0 aromatic carbocycles. The van der Waals surface area contributed by atoms with Crippen molar-refractivity contribution in [3.05, 3.63) is 0 Å². The normalized spacial score (nSPS) is 17.1. The molecule has 0 radical (unpaired) electrons. The molecule has 0 aromatic rings. The van der Waals surface area contributed by atoms with E-state index in [0.717, 1.165) is 25.7 Å². The highest BCUT2D eigenvalue weighted by atomic mass is 32.2. The summed E-state index contributed by atoms with van der Waals surface area (Å²) in [6.07, 6.45) is 6.52. The van der Waals surface area contributed by atoms with E-state index >= 15 is 0 Å². The summed E-state index contributed by atoms with van der Waals surface area (Å²) < 4.78 is 0. The van der Waals surface area contributed by atoms with E-state index in [4.69, 9.17) is 0 Å². The molecular weight excluding hydrogens is 218 g/mol. The van der Waals surface area contributed by atoms with Crippen molar-refractivity contribution in [3.63, 3.8) is 0 Å². The fourth-order valence-electron chi connectivity index (χ4n) is 1.98. The lowest BCUT2D eigenvalue weighted by Gasteiger charge is -2.32. The second-order valence-electron chi connectivity index (χ2n) is 5.07. The first-order valence-electron chi connectivity index (χ1n) is 6.14. The van der Waals surface area contributed by atoms with Gasteiger partial charge in [-0.25, -0.2) is 0 Å². The van der Waals surface area contributed by atoms with Gasteiger partial charge in [-0.15, -0.1) is 0 Å². The van der Waals surface area contributed by atoms with Crippen molar-refractivity contribution in [3.8, 4) is 0 Å². The van der Waals surface area contributed by atoms with Crippen molar-refractivity contribution in [1.29, 1.82) is 0 Å². The van der Waals surface area contributed by atoms with E-state index in [0.29, 0.717) is 6.04 Å². The monoisotopic (exact) mass is 245 g/mol. The van der Waals surface area contributed by atoms with Gasteiger partial charge in [0.25, 0.3) is 0 Å². The van der Waals surface area contributed by atoms with Gasteiger partial charge in [-0.2, -0.15) is 11.8 Å². The van der Waals surface area contributed by atoms with Crippen molar-refractivity contribution in [2.45, 2.75) is 46.1 Å². The summed E-state index contributed by atoms with van der Waals surface area (Å²) in [5, 5.41) is 0. The lowest BCUT2D eigenvalue weighted by Crippen LogP contribution is -2.39. The summed E-state index contributed by atoms with van der Waals surface area (Å²) in [5.41, 5.74) is -0.170. The summed E-state index contributed by atoms with van der Waals surface area (Å²) in [4.78, 5) is 13.5. The van der Waals surface area contributed by atoms with E-state index in [1.807, 2.05) is 11.8 Å². The first-order valence-corrected chi connectivity index (χ1v) is 7.54. The maximum absolute atomic E-state index is 11.2. The minimum absolute atomic E-state index is 0.170. The Balaban J connectivity index is 4.17. The van der Waals surface area contributed by atoms with Gasteiger partial charge in [0.15, 0.2) is 0 Å². The third kappa shape index (κ3) is 5.90. The summed E-state index contributed by atoms with van der Waals surface area (Å²) in [6.45, 7) is 7.33. The van der Waals surface area contributed by atoms with Gasteiger partial charge in [0.2, 0.25) is 0 Å². The summed E-state index contributed by atoms with van der Waals surface area (Å²) >= 11 is 1.89. The number of rotatable bonds is 9. The Kier molecular flexibility index (Phi) is 8.12. The van der Waals surface area contributed by atoms with Crippen molar-refractivity contribution >= 4 is 18.0 Å².